The van der Waals surface area contributed by atoms with E-state index < -0.39 is 0 Å². The molecule has 2 aromatic rings. The van der Waals surface area contributed by atoms with Crippen LogP contribution in [0.1, 0.15) is 5.56 Å². The Morgan fingerprint density at radius 2 is 1.85 bits per heavy atom. The van der Waals surface area contributed by atoms with E-state index in [4.69, 9.17) is 16.9 Å². The van der Waals surface area contributed by atoms with Crippen LogP contribution in [0.5, 0.6) is 0 Å². The first-order valence-corrected chi connectivity index (χ1v) is 6.35. The summed E-state index contributed by atoms with van der Waals surface area (Å²) in [4.78, 5) is 11.8. The van der Waals surface area contributed by atoms with Crippen LogP contribution in [0.2, 0.25) is 5.02 Å². The summed E-state index contributed by atoms with van der Waals surface area (Å²) in [6.07, 6.45) is 0. The molecule has 2 aromatic carbocycles. The molecule has 4 nitrogen and oxygen atoms in total. The van der Waals surface area contributed by atoms with Crippen molar-refractivity contribution in [2.24, 2.45) is 0 Å². The van der Waals surface area contributed by atoms with Crippen LogP contribution in [0.15, 0.2) is 48.5 Å². The molecular weight excluding hydrogens is 274 g/mol. The van der Waals surface area contributed by atoms with E-state index in [-0.39, 0.29) is 12.5 Å². The predicted octanol–water partition coefficient (Wildman–Crippen LogP) is 3.26. The van der Waals surface area contributed by atoms with Gasteiger partial charge < -0.3 is 10.6 Å². The van der Waals surface area contributed by atoms with Gasteiger partial charge >= 0.3 is 0 Å². The zero-order valence-electron chi connectivity index (χ0n) is 10.6. The van der Waals surface area contributed by atoms with E-state index in [0.717, 1.165) is 5.69 Å². The first-order chi connectivity index (χ1) is 9.69. The minimum Gasteiger partial charge on any atom is -0.376 e. The van der Waals surface area contributed by atoms with Gasteiger partial charge in [-0.1, -0.05) is 23.7 Å². The molecular formula is C15H12ClN3O. The first kappa shape index (κ1) is 13.9. The molecule has 0 saturated carbocycles. The van der Waals surface area contributed by atoms with Crippen molar-refractivity contribution in [1.29, 1.82) is 5.26 Å². The first-order valence-electron chi connectivity index (χ1n) is 5.97. The highest BCUT2D eigenvalue weighted by Gasteiger charge is 2.05. The van der Waals surface area contributed by atoms with Gasteiger partial charge in [0.15, 0.2) is 0 Å². The number of hydrogen-bond acceptors (Lipinski definition) is 3. The summed E-state index contributed by atoms with van der Waals surface area (Å²) in [5.74, 6) is -0.220. The molecule has 5 heteroatoms. The molecule has 0 spiro atoms. The van der Waals surface area contributed by atoms with Crippen molar-refractivity contribution in [2.75, 3.05) is 17.2 Å². The maximum absolute atomic E-state index is 11.8. The Hall–Kier alpha value is -2.51. The van der Waals surface area contributed by atoms with Crippen LogP contribution in [0, 0.1) is 11.3 Å². The topological polar surface area (TPSA) is 64.9 Å². The van der Waals surface area contributed by atoms with Crippen LogP contribution in [0.25, 0.3) is 0 Å². The lowest BCUT2D eigenvalue weighted by atomic mass is 10.2. The van der Waals surface area contributed by atoms with Crippen LogP contribution in [-0.4, -0.2) is 12.5 Å². The lowest BCUT2D eigenvalue weighted by molar-refractivity contribution is -0.114. The Labute approximate surface area is 122 Å². The Morgan fingerprint density at radius 1 is 1.15 bits per heavy atom. The van der Waals surface area contributed by atoms with Crippen molar-refractivity contribution in [3.63, 3.8) is 0 Å². The van der Waals surface area contributed by atoms with Crippen molar-refractivity contribution in [2.45, 2.75) is 0 Å². The van der Waals surface area contributed by atoms with Crippen molar-refractivity contribution in [1.82, 2.24) is 0 Å². The number of hydrogen-bond donors (Lipinski definition) is 2. The highest BCUT2D eigenvalue weighted by Crippen LogP contribution is 2.14. The molecule has 0 bridgehead atoms. The van der Waals surface area contributed by atoms with Gasteiger partial charge in [-0.05, 0) is 36.4 Å². The van der Waals surface area contributed by atoms with Crippen molar-refractivity contribution in [3.05, 3.63) is 59.1 Å². The average molecular weight is 286 g/mol. The van der Waals surface area contributed by atoms with Gasteiger partial charge in [0.1, 0.15) is 6.07 Å². The SMILES string of the molecule is N#Cc1ccccc1NC(=O)CNc1ccc(Cl)cc1. The molecule has 2 N–H and O–H groups in total. The van der Waals surface area contributed by atoms with Gasteiger partial charge in [0.25, 0.3) is 0 Å². The quantitative estimate of drug-likeness (QED) is 0.906. The highest BCUT2D eigenvalue weighted by molar-refractivity contribution is 6.30. The van der Waals surface area contributed by atoms with Crippen molar-refractivity contribution < 1.29 is 4.79 Å². The molecule has 1 amide bonds. The fraction of sp³-hybridized carbons (Fsp3) is 0.0667. The Morgan fingerprint density at radius 3 is 2.55 bits per heavy atom. The van der Waals surface area contributed by atoms with Crippen LogP contribution in [0.4, 0.5) is 11.4 Å². The van der Waals surface area contributed by atoms with Crippen LogP contribution >= 0.6 is 11.6 Å². The van der Waals surface area contributed by atoms with E-state index in [9.17, 15) is 4.79 Å². The normalized spacial score (nSPS) is 9.60. The summed E-state index contributed by atoms with van der Waals surface area (Å²) >= 11 is 5.78. The standard InChI is InChI=1S/C15H12ClN3O/c16-12-5-7-13(8-6-12)18-10-15(20)19-14-4-2-1-3-11(14)9-17/h1-8,18H,10H2,(H,19,20). The minimum atomic E-state index is -0.220. The van der Waals surface area contributed by atoms with Gasteiger partial charge in [0.05, 0.1) is 17.8 Å². The second-order valence-corrected chi connectivity index (χ2v) is 4.50. The highest BCUT2D eigenvalue weighted by atomic mass is 35.5. The second-order valence-electron chi connectivity index (χ2n) is 4.07. The predicted molar refractivity (Wildman–Crippen MR) is 79.7 cm³/mol. The number of amides is 1. The van der Waals surface area contributed by atoms with Gasteiger partial charge in [0, 0.05) is 10.7 Å². The molecule has 0 atom stereocenters. The Balaban J connectivity index is 1.93. The molecule has 0 aromatic heterocycles. The number of benzene rings is 2. The van der Waals surface area contributed by atoms with Gasteiger partial charge in [0.2, 0.25) is 5.91 Å². The van der Waals surface area contributed by atoms with Crippen molar-refractivity contribution in [3.8, 4) is 6.07 Å². The molecule has 2 rings (SSSR count). The van der Waals surface area contributed by atoms with E-state index in [1.807, 2.05) is 6.07 Å². The monoisotopic (exact) mass is 285 g/mol. The van der Waals surface area contributed by atoms with E-state index in [2.05, 4.69) is 10.6 Å². The summed E-state index contributed by atoms with van der Waals surface area (Å²) in [6.45, 7) is 0.112. The number of carbonyl (C=O) groups excluding carboxylic acids is 1. The van der Waals surface area contributed by atoms with Gasteiger partial charge in [-0.2, -0.15) is 5.26 Å². The number of nitriles is 1. The van der Waals surface area contributed by atoms with E-state index in [1.54, 1.807) is 48.5 Å². The smallest absolute Gasteiger partial charge is 0.243 e. The van der Waals surface area contributed by atoms with Gasteiger partial charge in [-0.3, -0.25) is 4.79 Å². The van der Waals surface area contributed by atoms with Crippen LogP contribution in [0.3, 0.4) is 0 Å². The summed E-state index contributed by atoms with van der Waals surface area (Å²) < 4.78 is 0. The maximum Gasteiger partial charge on any atom is 0.243 e. The molecule has 0 aliphatic rings. The molecule has 0 unspecified atom stereocenters. The molecule has 0 aliphatic heterocycles. The van der Waals surface area contributed by atoms with Crippen molar-refractivity contribution >= 4 is 28.9 Å². The van der Waals surface area contributed by atoms with Gasteiger partial charge in [-0.15, -0.1) is 0 Å². The third kappa shape index (κ3) is 3.74. The number of nitrogens with one attached hydrogen (secondary N) is 2. The number of anilines is 2. The van der Waals surface area contributed by atoms with Gasteiger partial charge in [-0.25, -0.2) is 0 Å². The largest absolute Gasteiger partial charge is 0.376 e. The molecule has 20 heavy (non-hydrogen) atoms. The zero-order valence-corrected chi connectivity index (χ0v) is 11.3. The molecule has 0 heterocycles. The number of rotatable bonds is 4. The summed E-state index contributed by atoms with van der Waals surface area (Å²) in [5.41, 5.74) is 1.75. The van der Waals surface area contributed by atoms with Crippen LogP contribution < -0.4 is 10.6 Å². The minimum absolute atomic E-state index is 0.112. The third-order valence-corrected chi connectivity index (χ3v) is 2.87. The molecule has 0 aliphatic carbocycles. The lowest BCUT2D eigenvalue weighted by Crippen LogP contribution is -2.22. The Kier molecular flexibility index (Phi) is 4.59. The molecule has 0 fully saturated rings. The Bertz CT molecular complexity index is 647. The van der Waals surface area contributed by atoms with E-state index in [0.29, 0.717) is 16.3 Å². The average Bonchev–Trinajstić information content (AvgIpc) is 2.47. The number of nitrogens with zero attached hydrogens (tertiary/aromatic N) is 1. The second kappa shape index (κ2) is 6.60. The number of halogens is 1. The third-order valence-electron chi connectivity index (χ3n) is 2.62. The summed E-state index contributed by atoms with van der Waals surface area (Å²) in [5, 5.41) is 15.2. The molecule has 100 valence electrons. The van der Waals surface area contributed by atoms with E-state index in [1.165, 1.54) is 0 Å². The van der Waals surface area contributed by atoms with Crippen LogP contribution in [-0.2, 0) is 4.79 Å². The molecule has 0 radical (unpaired) electrons. The number of carbonyl (C=O) groups is 1. The fourth-order valence-electron chi connectivity index (χ4n) is 1.63. The fourth-order valence-corrected chi connectivity index (χ4v) is 1.76. The summed E-state index contributed by atoms with van der Waals surface area (Å²) in [6, 6.07) is 16.0. The number of para-hydroxylation sites is 1. The lowest BCUT2D eigenvalue weighted by Gasteiger charge is -2.08. The van der Waals surface area contributed by atoms with E-state index >= 15 is 0 Å². The maximum atomic E-state index is 11.8. The summed E-state index contributed by atoms with van der Waals surface area (Å²) in [7, 11) is 0. The zero-order chi connectivity index (χ0) is 14.4. The molecule has 0 saturated heterocycles.